The highest BCUT2D eigenvalue weighted by atomic mass is 32.2. The van der Waals surface area contributed by atoms with E-state index in [0.29, 0.717) is 11.5 Å². The van der Waals surface area contributed by atoms with Gasteiger partial charge in [-0.1, -0.05) is 0 Å². The Morgan fingerprint density at radius 2 is 1.56 bits per heavy atom. The van der Waals surface area contributed by atoms with E-state index in [4.69, 9.17) is 0 Å². The van der Waals surface area contributed by atoms with Crippen LogP contribution < -0.4 is 14.9 Å². The van der Waals surface area contributed by atoms with Gasteiger partial charge in [0.05, 0.1) is 11.9 Å². The second-order valence-corrected chi connectivity index (χ2v) is 7.55. The van der Waals surface area contributed by atoms with Gasteiger partial charge < -0.3 is 10.2 Å². The third-order valence-corrected chi connectivity index (χ3v) is 5.21. The molecule has 1 heterocycles. The van der Waals surface area contributed by atoms with Crippen LogP contribution in [0.1, 0.15) is 13.8 Å². The maximum absolute atomic E-state index is 11.8. The fraction of sp³-hybridized carbons (Fsp3) is 0.353. The number of pyridine rings is 1. The summed E-state index contributed by atoms with van der Waals surface area (Å²) in [5, 5.41) is 3.20. The van der Waals surface area contributed by atoms with Crippen LogP contribution in [0.25, 0.3) is 0 Å². The van der Waals surface area contributed by atoms with E-state index in [-0.39, 0.29) is 0 Å². The lowest BCUT2D eigenvalue weighted by molar-refractivity contribution is 0.527. The minimum Gasteiger partial charge on any atom is -0.372 e. The quantitative estimate of drug-likeness (QED) is 0.754. The van der Waals surface area contributed by atoms with Crippen molar-refractivity contribution in [2.24, 2.45) is 0 Å². The molecular formula is C17H25N5O2S. The Balaban J connectivity index is 2.04. The molecule has 136 valence electrons. The van der Waals surface area contributed by atoms with E-state index >= 15 is 0 Å². The van der Waals surface area contributed by atoms with Crippen molar-refractivity contribution in [3.63, 3.8) is 0 Å². The zero-order valence-corrected chi connectivity index (χ0v) is 15.8. The summed E-state index contributed by atoms with van der Waals surface area (Å²) in [4.78, 5) is 6.51. The van der Waals surface area contributed by atoms with Gasteiger partial charge in [-0.05, 0) is 50.2 Å². The molecule has 7 nitrogen and oxygen atoms in total. The van der Waals surface area contributed by atoms with Gasteiger partial charge in [-0.3, -0.25) is 4.72 Å². The van der Waals surface area contributed by atoms with Crippen LogP contribution in [0.5, 0.6) is 0 Å². The highest BCUT2D eigenvalue weighted by Gasteiger charge is 2.12. The van der Waals surface area contributed by atoms with E-state index < -0.39 is 10.2 Å². The van der Waals surface area contributed by atoms with Crippen molar-refractivity contribution in [1.29, 1.82) is 0 Å². The van der Waals surface area contributed by atoms with Crippen LogP contribution in [0, 0.1) is 0 Å². The standard InChI is InChI=1S/C17H25N5O2S/c1-5-22(6-2)16-10-7-14(8-11-16)19-17-12-9-15(13-18-17)20-25(23,24)21(3)4/h7-13,20H,5-6H2,1-4H3,(H,18,19). The summed E-state index contributed by atoms with van der Waals surface area (Å²) in [6.07, 6.45) is 1.48. The summed E-state index contributed by atoms with van der Waals surface area (Å²) in [7, 11) is -0.591. The third kappa shape index (κ3) is 5.07. The Morgan fingerprint density at radius 1 is 0.960 bits per heavy atom. The topological polar surface area (TPSA) is 77.6 Å². The molecule has 0 atom stereocenters. The largest absolute Gasteiger partial charge is 0.372 e. The Labute approximate surface area is 149 Å². The molecule has 2 rings (SSSR count). The zero-order chi connectivity index (χ0) is 18.4. The van der Waals surface area contributed by atoms with Crippen LogP contribution >= 0.6 is 0 Å². The molecule has 0 bridgehead atoms. The van der Waals surface area contributed by atoms with Crippen LogP contribution in [0.4, 0.5) is 22.9 Å². The summed E-state index contributed by atoms with van der Waals surface area (Å²) < 4.78 is 27.1. The van der Waals surface area contributed by atoms with Crippen LogP contribution in [0.2, 0.25) is 0 Å². The zero-order valence-electron chi connectivity index (χ0n) is 15.0. The summed E-state index contributed by atoms with van der Waals surface area (Å²) in [5.41, 5.74) is 2.51. The van der Waals surface area contributed by atoms with Gasteiger partial charge in [-0.15, -0.1) is 0 Å². The molecule has 0 saturated heterocycles. The molecule has 0 radical (unpaired) electrons. The van der Waals surface area contributed by atoms with Gasteiger partial charge in [0.1, 0.15) is 5.82 Å². The smallest absolute Gasteiger partial charge is 0.301 e. The highest BCUT2D eigenvalue weighted by molar-refractivity contribution is 7.90. The van der Waals surface area contributed by atoms with Crippen LogP contribution in [0.3, 0.4) is 0 Å². The predicted octanol–water partition coefficient (Wildman–Crippen LogP) is 2.89. The number of rotatable bonds is 8. The molecule has 1 aromatic carbocycles. The van der Waals surface area contributed by atoms with Gasteiger partial charge in [-0.2, -0.15) is 12.7 Å². The maximum Gasteiger partial charge on any atom is 0.301 e. The minimum absolute atomic E-state index is 0.413. The number of benzene rings is 1. The van der Waals surface area contributed by atoms with Crippen molar-refractivity contribution in [2.75, 3.05) is 42.1 Å². The normalized spacial score (nSPS) is 11.4. The van der Waals surface area contributed by atoms with Crippen molar-refractivity contribution in [3.8, 4) is 0 Å². The van der Waals surface area contributed by atoms with E-state index in [9.17, 15) is 8.42 Å². The number of hydrogen-bond acceptors (Lipinski definition) is 5. The molecule has 0 saturated carbocycles. The van der Waals surface area contributed by atoms with E-state index in [1.807, 2.05) is 12.1 Å². The molecule has 25 heavy (non-hydrogen) atoms. The first kappa shape index (κ1) is 19.0. The fourth-order valence-corrected chi connectivity index (χ4v) is 2.86. The van der Waals surface area contributed by atoms with Crippen molar-refractivity contribution >= 4 is 33.1 Å². The monoisotopic (exact) mass is 363 g/mol. The first-order valence-electron chi connectivity index (χ1n) is 8.14. The van der Waals surface area contributed by atoms with Gasteiger partial charge >= 0.3 is 10.2 Å². The number of aromatic nitrogens is 1. The lowest BCUT2D eigenvalue weighted by atomic mass is 10.2. The van der Waals surface area contributed by atoms with Gasteiger partial charge in [0.2, 0.25) is 0 Å². The summed E-state index contributed by atoms with van der Waals surface area (Å²) in [5.74, 6) is 0.642. The average Bonchev–Trinajstić information content (AvgIpc) is 2.59. The first-order chi connectivity index (χ1) is 11.9. The molecule has 0 aliphatic carbocycles. The number of nitrogens with one attached hydrogen (secondary N) is 2. The van der Waals surface area contributed by atoms with Crippen LogP contribution in [-0.4, -0.2) is 44.9 Å². The molecule has 0 spiro atoms. The first-order valence-corrected chi connectivity index (χ1v) is 9.58. The molecule has 2 aromatic rings. The Kier molecular flexibility index (Phi) is 6.22. The highest BCUT2D eigenvalue weighted by Crippen LogP contribution is 2.21. The summed E-state index contributed by atoms with van der Waals surface area (Å²) in [6, 6.07) is 11.5. The van der Waals surface area contributed by atoms with E-state index in [0.717, 1.165) is 23.1 Å². The molecule has 1 aromatic heterocycles. The molecule has 0 unspecified atom stereocenters. The molecule has 2 N–H and O–H groups in total. The Morgan fingerprint density at radius 3 is 2.04 bits per heavy atom. The van der Waals surface area contributed by atoms with Gasteiger partial charge in [0.25, 0.3) is 0 Å². The third-order valence-electron chi connectivity index (χ3n) is 3.76. The van der Waals surface area contributed by atoms with E-state index in [1.165, 1.54) is 26.0 Å². The van der Waals surface area contributed by atoms with E-state index in [2.05, 4.69) is 45.9 Å². The van der Waals surface area contributed by atoms with Crippen LogP contribution in [-0.2, 0) is 10.2 Å². The van der Waals surface area contributed by atoms with E-state index in [1.54, 1.807) is 12.1 Å². The number of nitrogens with zero attached hydrogens (tertiary/aromatic N) is 3. The number of anilines is 4. The maximum atomic E-state index is 11.8. The molecule has 0 fully saturated rings. The van der Waals surface area contributed by atoms with Crippen molar-refractivity contribution in [1.82, 2.24) is 9.29 Å². The SMILES string of the molecule is CCN(CC)c1ccc(Nc2ccc(NS(=O)(=O)N(C)C)cn2)cc1. The van der Waals surface area contributed by atoms with Gasteiger partial charge in [-0.25, -0.2) is 4.98 Å². The van der Waals surface area contributed by atoms with Crippen molar-refractivity contribution in [2.45, 2.75) is 13.8 Å². The van der Waals surface area contributed by atoms with Crippen LogP contribution in [0.15, 0.2) is 42.6 Å². The lowest BCUT2D eigenvalue weighted by Gasteiger charge is -2.21. The Bertz CT molecular complexity index is 770. The minimum atomic E-state index is -3.52. The van der Waals surface area contributed by atoms with Crippen molar-refractivity contribution in [3.05, 3.63) is 42.6 Å². The lowest BCUT2D eigenvalue weighted by Crippen LogP contribution is -2.28. The molecule has 0 amide bonds. The molecule has 0 aliphatic rings. The van der Waals surface area contributed by atoms with Gasteiger partial charge in [0, 0.05) is 38.6 Å². The second-order valence-electron chi connectivity index (χ2n) is 5.67. The number of hydrogen-bond donors (Lipinski definition) is 2. The Hall–Kier alpha value is -2.32. The molecular weight excluding hydrogens is 338 g/mol. The van der Waals surface area contributed by atoms with Gasteiger partial charge in [0.15, 0.2) is 0 Å². The molecule has 0 aliphatic heterocycles. The fourth-order valence-electron chi connectivity index (χ4n) is 2.26. The second kappa shape index (κ2) is 8.17. The van der Waals surface area contributed by atoms with Crippen molar-refractivity contribution < 1.29 is 8.42 Å². The molecule has 8 heteroatoms. The average molecular weight is 363 g/mol. The summed E-state index contributed by atoms with van der Waals surface area (Å²) >= 11 is 0. The predicted molar refractivity (Wildman–Crippen MR) is 104 cm³/mol. The summed E-state index contributed by atoms with van der Waals surface area (Å²) in [6.45, 7) is 6.20.